The first-order valence-corrected chi connectivity index (χ1v) is 6.03. The van der Waals surface area contributed by atoms with Crippen molar-refractivity contribution in [2.24, 2.45) is 0 Å². The molecule has 2 N–H and O–H groups in total. The van der Waals surface area contributed by atoms with E-state index in [1.165, 1.54) is 0 Å². The van der Waals surface area contributed by atoms with E-state index in [1.54, 1.807) is 26.8 Å². The van der Waals surface area contributed by atoms with Crippen molar-refractivity contribution >= 4 is 5.97 Å². The molecule has 0 aliphatic rings. The van der Waals surface area contributed by atoms with Crippen molar-refractivity contribution in [1.29, 1.82) is 0 Å². The molecule has 0 amide bonds. The van der Waals surface area contributed by atoms with Gasteiger partial charge in [0.1, 0.15) is 5.60 Å². The van der Waals surface area contributed by atoms with Crippen LogP contribution < -0.4 is 0 Å². The van der Waals surface area contributed by atoms with Gasteiger partial charge in [0.2, 0.25) is 0 Å². The number of esters is 1. The van der Waals surface area contributed by atoms with E-state index in [0.717, 1.165) is 6.42 Å². The largest absolute Gasteiger partial charge is 0.456 e. The van der Waals surface area contributed by atoms with Gasteiger partial charge in [0.05, 0.1) is 12.7 Å². The Bertz CT molecular complexity index is 273. The van der Waals surface area contributed by atoms with Gasteiger partial charge in [-0.25, -0.2) is 4.79 Å². The Morgan fingerprint density at radius 2 is 2.12 bits per heavy atom. The van der Waals surface area contributed by atoms with E-state index in [-0.39, 0.29) is 19.0 Å². The van der Waals surface area contributed by atoms with Gasteiger partial charge in [-0.15, -0.1) is 0 Å². The first-order chi connectivity index (χ1) is 7.88. The van der Waals surface area contributed by atoms with E-state index >= 15 is 0 Å². The molecule has 100 valence electrons. The number of hydrogen-bond donors (Lipinski definition) is 2. The first-order valence-electron chi connectivity index (χ1n) is 6.03. The lowest BCUT2D eigenvalue weighted by atomic mass is 9.93. The average molecular weight is 244 g/mol. The van der Waals surface area contributed by atoms with Gasteiger partial charge < -0.3 is 14.9 Å². The topological polar surface area (TPSA) is 66.8 Å². The monoisotopic (exact) mass is 244 g/mol. The van der Waals surface area contributed by atoms with E-state index in [0.29, 0.717) is 12.0 Å². The van der Waals surface area contributed by atoms with E-state index in [9.17, 15) is 9.90 Å². The van der Waals surface area contributed by atoms with Crippen LogP contribution in [-0.2, 0) is 9.53 Å². The van der Waals surface area contributed by atoms with Gasteiger partial charge in [-0.2, -0.15) is 0 Å². The van der Waals surface area contributed by atoms with Crippen molar-refractivity contribution in [2.75, 3.05) is 6.61 Å². The SMILES string of the molecule is CC=C(C)C(=O)OC(C)(CCC)CC(O)CO. The Balaban J connectivity index is 4.65. The summed E-state index contributed by atoms with van der Waals surface area (Å²) in [4.78, 5) is 11.7. The first kappa shape index (κ1) is 16.1. The molecule has 0 saturated heterocycles. The summed E-state index contributed by atoms with van der Waals surface area (Å²) in [5.41, 5.74) is -0.177. The van der Waals surface area contributed by atoms with E-state index in [1.807, 2.05) is 6.92 Å². The number of carbonyl (C=O) groups is 1. The fraction of sp³-hybridized carbons (Fsp3) is 0.769. The quantitative estimate of drug-likeness (QED) is 0.529. The fourth-order valence-electron chi connectivity index (χ4n) is 1.71. The van der Waals surface area contributed by atoms with Crippen LogP contribution in [0.15, 0.2) is 11.6 Å². The van der Waals surface area contributed by atoms with Crippen LogP contribution in [0.1, 0.15) is 47.0 Å². The molecule has 0 heterocycles. The maximum absolute atomic E-state index is 11.7. The van der Waals surface area contributed by atoms with Crippen LogP contribution in [0.5, 0.6) is 0 Å². The molecule has 0 radical (unpaired) electrons. The molecule has 4 nitrogen and oxygen atoms in total. The summed E-state index contributed by atoms with van der Waals surface area (Å²) in [7, 11) is 0. The van der Waals surface area contributed by atoms with E-state index in [4.69, 9.17) is 9.84 Å². The number of rotatable bonds is 7. The van der Waals surface area contributed by atoms with Crippen LogP contribution in [0.25, 0.3) is 0 Å². The Kier molecular flexibility index (Phi) is 7.07. The fourth-order valence-corrected chi connectivity index (χ4v) is 1.71. The molecule has 0 bridgehead atoms. The number of allylic oxidation sites excluding steroid dienone is 1. The minimum atomic E-state index is -0.856. The van der Waals surface area contributed by atoms with Gasteiger partial charge in [0.25, 0.3) is 0 Å². The predicted octanol–water partition coefficient (Wildman–Crippen LogP) is 1.80. The predicted molar refractivity (Wildman–Crippen MR) is 66.5 cm³/mol. The standard InChI is InChI=1S/C13H24O4/c1-5-7-13(4,8-11(15)9-14)17-12(16)10(3)6-2/h6,11,14-15H,5,7-9H2,1-4H3. The van der Waals surface area contributed by atoms with Crippen molar-refractivity contribution in [3.63, 3.8) is 0 Å². The zero-order valence-corrected chi connectivity index (χ0v) is 11.2. The normalized spacial score (nSPS) is 17.4. The number of carbonyl (C=O) groups excluding carboxylic acids is 1. The summed E-state index contributed by atoms with van der Waals surface area (Å²) < 4.78 is 5.43. The lowest BCUT2D eigenvalue weighted by Gasteiger charge is -2.31. The number of aliphatic hydroxyl groups excluding tert-OH is 2. The Hall–Kier alpha value is -0.870. The molecule has 0 aromatic carbocycles. The van der Waals surface area contributed by atoms with E-state index in [2.05, 4.69) is 0 Å². The molecule has 4 heteroatoms. The van der Waals surface area contributed by atoms with E-state index < -0.39 is 11.7 Å². The van der Waals surface area contributed by atoms with Crippen molar-refractivity contribution in [3.8, 4) is 0 Å². The maximum atomic E-state index is 11.7. The second-order valence-electron chi connectivity index (χ2n) is 4.60. The minimum absolute atomic E-state index is 0.250. The lowest BCUT2D eigenvalue weighted by Crippen LogP contribution is -2.37. The van der Waals surface area contributed by atoms with Crippen molar-refractivity contribution in [2.45, 2.75) is 58.7 Å². The molecule has 2 atom stereocenters. The summed E-state index contributed by atoms with van der Waals surface area (Å²) in [6.07, 6.45) is 2.59. The molecule has 0 aromatic rings. The third-order valence-electron chi connectivity index (χ3n) is 2.75. The second-order valence-corrected chi connectivity index (χ2v) is 4.60. The molecule has 0 aliphatic heterocycles. The molecule has 0 saturated carbocycles. The van der Waals surface area contributed by atoms with Gasteiger partial charge in [-0.1, -0.05) is 19.4 Å². The van der Waals surface area contributed by atoms with Crippen molar-refractivity contribution in [1.82, 2.24) is 0 Å². The lowest BCUT2D eigenvalue weighted by molar-refractivity contribution is -0.157. The van der Waals surface area contributed by atoms with Crippen LogP contribution in [0.3, 0.4) is 0 Å². The van der Waals surface area contributed by atoms with Gasteiger partial charge in [0, 0.05) is 12.0 Å². The highest BCUT2D eigenvalue weighted by molar-refractivity contribution is 5.87. The zero-order chi connectivity index (χ0) is 13.5. The molecule has 0 spiro atoms. The zero-order valence-electron chi connectivity index (χ0n) is 11.2. The summed E-state index contributed by atoms with van der Waals surface area (Å²) in [6, 6.07) is 0. The minimum Gasteiger partial charge on any atom is -0.456 e. The Labute approximate surface area is 103 Å². The van der Waals surface area contributed by atoms with Crippen LogP contribution >= 0.6 is 0 Å². The number of ether oxygens (including phenoxy) is 1. The summed E-state index contributed by atoms with van der Waals surface area (Å²) >= 11 is 0. The molecule has 0 fully saturated rings. The molecule has 17 heavy (non-hydrogen) atoms. The number of aliphatic hydroxyl groups is 2. The molecule has 2 unspecified atom stereocenters. The smallest absolute Gasteiger partial charge is 0.333 e. The molecule has 0 rings (SSSR count). The Morgan fingerprint density at radius 3 is 2.53 bits per heavy atom. The molecule has 0 aromatic heterocycles. The van der Waals surface area contributed by atoms with Gasteiger partial charge >= 0.3 is 5.97 Å². The van der Waals surface area contributed by atoms with Gasteiger partial charge in [-0.3, -0.25) is 0 Å². The highest BCUT2D eigenvalue weighted by Crippen LogP contribution is 2.25. The summed E-state index contributed by atoms with van der Waals surface area (Å²) in [5.74, 6) is -0.367. The average Bonchev–Trinajstić information content (AvgIpc) is 2.27. The third-order valence-corrected chi connectivity index (χ3v) is 2.75. The summed E-state index contributed by atoms with van der Waals surface area (Å²) in [5, 5.41) is 18.3. The maximum Gasteiger partial charge on any atom is 0.333 e. The third kappa shape index (κ3) is 5.84. The Morgan fingerprint density at radius 1 is 1.53 bits per heavy atom. The van der Waals surface area contributed by atoms with Crippen LogP contribution in [0.2, 0.25) is 0 Å². The number of hydrogen-bond acceptors (Lipinski definition) is 4. The van der Waals surface area contributed by atoms with Gasteiger partial charge in [-0.05, 0) is 27.2 Å². The van der Waals surface area contributed by atoms with Gasteiger partial charge in [0.15, 0.2) is 0 Å². The second kappa shape index (κ2) is 7.45. The molecule has 0 aliphatic carbocycles. The highest BCUT2D eigenvalue weighted by atomic mass is 16.6. The van der Waals surface area contributed by atoms with Crippen molar-refractivity contribution < 1.29 is 19.7 Å². The van der Waals surface area contributed by atoms with Crippen LogP contribution in [0.4, 0.5) is 0 Å². The summed E-state index contributed by atoms with van der Waals surface area (Å²) in [6.45, 7) is 6.92. The highest BCUT2D eigenvalue weighted by Gasteiger charge is 2.30. The molecular weight excluding hydrogens is 220 g/mol. The molecular formula is C13H24O4. The van der Waals surface area contributed by atoms with Crippen LogP contribution in [-0.4, -0.2) is 34.5 Å². The van der Waals surface area contributed by atoms with Crippen molar-refractivity contribution in [3.05, 3.63) is 11.6 Å². The van der Waals surface area contributed by atoms with Crippen LogP contribution in [0, 0.1) is 0 Å².